The van der Waals surface area contributed by atoms with E-state index in [1.807, 2.05) is 13.0 Å². The Balaban J connectivity index is 1.54. The van der Waals surface area contributed by atoms with Crippen molar-refractivity contribution in [3.05, 3.63) is 59.7 Å². The second kappa shape index (κ2) is 9.87. The largest absolute Gasteiger partial charge is 0.494 e. The van der Waals surface area contributed by atoms with Crippen LogP contribution in [0.15, 0.2) is 53.4 Å². The zero-order chi connectivity index (χ0) is 20.7. The summed E-state index contributed by atoms with van der Waals surface area (Å²) in [5.74, 6) is 0.496. The van der Waals surface area contributed by atoms with E-state index in [1.165, 1.54) is 4.31 Å². The summed E-state index contributed by atoms with van der Waals surface area (Å²) >= 11 is 0. The molecule has 1 heterocycles. The summed E-state index contributed by atoms with van der Waals surface area (Å²) in [6.07, 6.45) is 0.606. The van der Waals surface area contributed by atoms with Crippen LogP contribution in [0.1, 0.15) is 22.8 Å². The van der Waals surface area contributed by atoms with E-state index in [1.54, 1.807) is 42.5 Å². The first-order valence-corrected chi connectivity index (χ1v) is 11.1. The quantitative estimate of drug-likeness (QED) is 0.710. The fourth-order valence-corrected chi connectivity index (χ4v) is 4.49. The molecule has 0 aromatic heterocycles. The third-order valence-corrected chi connectivity index (χ3v) is 6.55. The maximum absolute atomic E-state index is 12.6. The van der Waals surface area contributed by atoms with E-state index in [2.05, 4.69) is 5.32 Å². The Labute approximate surface area is 171 Å². The number of benzene rings is 2. The van der Waals surface area contributed by atoms with Gasteiger partial charge >= 0.3 is 0 Å². The molecule has 0 spiro atoms. The highest BCUT2D eigenvalue weighted by atomic mass is 32.2. The number of nitrogens with one attached hydrogen (secondary N) is 1. The second-order valence-corrected chi connectivity index (χ2v) is 8.57. The lowest BCUT2D eigenvalue weighted by molar-refractivity contribution is 0.0730. The molecule has 1 N–H and O–H groups in total. The second-order valence-electron chi connectivity index (χ2n) is 6.63. The van der Waals surface area contributed by atoms with Crippen LogP contribution < -0.4 is 10.1 Å². The average Bonchev–Trinajstić information content (AvgIpc) is 2.75. The Bertz CT molecular complexity index is 922. The fourth-order valence-electron chi connectivity index (χ4n) is 3.08. The van der Waals surface area contributed by atoms with Gasteiger partial charge in [0.15, 0.2) is 0 Å². The van der Waals surface area contributed by atoms with Crippen molar-refractivity contribution in [3.8, 4) is 5.75 Å². The highest BCUT2D eigenvalue weighted by molar-refractivity contribution is 7.89. The SMILES string of the molecule is CCOc1cccc(C(=O)NCCc2ccc(S(=O)(=O)N3CCOCC3)cc2)c1. The van der Waals surface area contributed by atoms with E-state index in [4.69, 9.17) is 9.47 Å². The van der Waals surface area contributed by atoms with Crippen LogP contribution in [0.25, 0.3) is 0 Å². The number of carbonyl (C=O) groups is 1. The predicted molar refractivity (Wildman–Crippen MR) is 110 cm³/mol. The standard InChI is InChI=1S/C21H26N2O5S/c1-2-28-19-5-3-4-18(16-19)21(24)22-11-10-17-6-8-20(9-7-17)29(25,26)23-12-14-27-15-13-23/h3-9,16H,2,10-15H2,1H3,(H,22,24). The van der Waals surface area contributed by atoms with E-state index in [9.17, 15) is 13.2 Å². The molecule has 2 aromatic carbocycles. The molecule has 0 saturated carbocycles. The molecule has 0 atom stereocenters. The van der Waals surface area contributed by atoms with Crippen LogP contribution in [-0.2, 0) is 21.2 Å². The molecule has 29 heavy (non-hydrogen) atoms. The topological polar surface area (TPSA) is 84.9 Å². The summed E-state index contributed by atoms with van der Waals surface area (Å²) in [7, 11) is -3.49. The fraction of sp³-hybridized carbons (Fsp3) is 0.381. The maximum Gasteiger partial charge on any atom is 0.251 e. The number of nitrogens with zero attached hydrogens (tertiary/aromatic N) is 1. The monoisotopic (exact) mass is 418 g/mol. The lowest BCUT2D eigenvalue weighted by Crippen LogP contribution is -2.40. The Kier molecular flexibility index (Phi) is 7.24. The lowest BCUT2D eigenvalue weighted by Gasteiger charge is -2.26. The minimum absolute atomic E-state index is 0.168. The van der Waals surface area contributed by atoms with Gasteiger partial charge in [0.1, 0.15) is 5.75 Å². The number of sulfonamides is 1. The Morgan fingerprint density at radius 2 is 1.86 bits per heavy atom. The van der Waals surface area contributed by atoms with Crippen molar-refractivity contribution in [3.63, 3.8) is 0 Å². The van der Waals surface area contributed by atoms with Crippen molar-refractivity contribution in [2.24, 2.45) is 0 Å². The van der Waals surface area contributed by atoms with Gasteiger partial charge in [-0.2, -0.15) is 4.31 Å². The summed E-state index contributed by atoms with van der Waals surface area (Å²) in [6, 6.07) is 13.9. The van der Waals surface area contributed by atoms with Gasteiger partial charge in [-0.15, -0.1) is 0 Å². The molecule has 7 nitrogen and oxygen atoms in total. The summed E-state index contributed by atoms with van der Waals surface area (Å²) in [5.41, 5.74) is 1.50. The van der Waals surface area contributed by atoms with Gasteiger partial charge in [-0.1, -0.05) is 18.2 Å². The third-order valence-electron chi connectivity index (χ3n) is 4.64. The van der Waals surface area contributed by atoms with Crippen LogP contribution in [-0.4, -0.2) is 58.1 Å². The molecule has 156 valence electrons. The normalized spacial score (nSPS) is 15.1. The first-order chi connectivity index (χ1) is 14.0. The lowest BCUT2D eigenvalue weighted by atomic mass is 10.1. The first-order valence-electron chi connectivity index (χ1n) is 9.68. The molecule has 2 aromatic rings. The summed E-state index contributed by atoms with van der Waals surface area (Å²) in [5, 5.41) is 2.88. The zero-order valence-corrected chi connectivity index (χ0v) is 17.3. The molecule has 1 aliphatic rings. The van der Waals surface area contributed by atoms with Crippen molar-refractivity contribution in [1.82, 2.24) is 9.62 Å². The number of ether oxygens (including phenoxy) is 2. The van der Waals surface area contributed by atoms with Gasteiger partial charge in [-0.25, -0.2) is 8.42 Å². The van der Waals surface area contributed by atoms with E-state index >= 15 is 0 Å². The van der Waals surface area contributed by atoms with Crippen molar-refractivity contribution in [2.45, 2.75) is 18.2 Å². The molecule has 1 aliphatic heterocycles. The number of amides is 1. The molecule has 0 bridgehead atoms. The van der Waals surface area contributed by atoms with Crippen LogP contribution in [0.2, 0.25) is 0 Å². The molecular weight excluding hydrogens is 392 g/mol. The van der Waals surface area contributed by atoms with Crippen molar-refractivity contribution >= 4 is 15.9 Å². The van der Waals surface area contributed by atoms with Gasteiger partial charge in [0.2, 0.25) is 10.0 Å². The highest BCUT2D eigenvalue weighted by Crippen LogP contribution is 2.18. The van der Waals surface area contributed by atoms with Crippen molar-refractivity contribution in [1.29, 1.82) is 0 Å². The Morgan fingerprint density at radius 1 is 1.14 bits per heavy atom. The minimum atomic E-state index is -3.49. The smallest absolute Gasteiger partial charge is 0.251 e. The van der Waals surface area contributed by atoms with E-state index in [0.717, 1.165) is 5.56 Å². The number of rotatable bonds is 8. The van der Waals surface area contributed by atoms with Crippen LogP contribution >= 0.6 is 0 Å². The summed E-state index contributed by atoms with van der Waals surface area (Å²) in [4.78, 5) is 12.6. The van der Waals surface area contributed by atoms with Crippen LogP contribution in [0.5, 0.6) is 5.75 Å². The van der Waals surface area contributed by atoms with E-state index in [-0.39, 0.29) is 10.8 Å². The maximum atomic E-state index is 12.6. The molecule has 8 heteroatoms. The predicted octanol–water partition coefficient (Wildman–Crippen LogP) is 2.08. The number of carbonyl (C=O) groups excluding carboxylic acids is 1. The van der Waals surface area contributed by atoms with Gasteiger partial charge in [0.25, 0.3) is 5.91 Å². The van der Waals surface area contributed by atoms with Gasteiger partial charge < -0.3 is 14.8 Å². The minimum Gasteiger partial charge on any atom is -0.494 e. The number of hydrogen-bond donors (Lipinski definition) is 1. The molecule has 0 radical (unpaired) electrons. The van der Waals surface area contributed by atoms with Crippen LogP contribution in [0.3, 0.4) is 0 Å². The van der Waals surface area contributed by atoms with Crippen molar-refractivity contribution < 1.29 is 22.7 Å². The zero-order valence-electron chi connectivity index (χ0n) is 16.5. The van der Waals surface area contributed by atoms with Gasteiger partial charge in [0.05, 0.1) is 24.7 Å². The van der Waals surface area contributed by atoms with E-state index in [0.29, 0.717) is 57.2 Å². The van der Waals surface area contributed by atoms with Crippen molar-refractivity contribution in [2.75, 3.05) is 39.5 Å². The molecule has 0 unspecified atom stereocenters. The number of hydrogen-bond acceptors (Lipinski definition) is 5. The van der Waals surface area contributed by atoms with Gasteiger partial charge in [-0.05, 0) is 49.2 Å². The average molecular weight is 419 g/mol. The molecule has 1 saturated heterocycles. The molecule has 0 aliphatic carbocycles. The van der Waals surface area contributed by atoms with Crippen LogP contribution in [0.4, 0.5) is 0 Å². The molecular formula is C21H26N2O5S. The third kappa shape index (κ3) is 5.56. The molecule has 1 fully saturated rings. The Hall–Kier alpha value is -2.42. The van der Waals surface area contributed by atoms with Gasteiger partial charge in [0, 0.05) is 25.2 Å². The van der Waals surface area contributed by atoms with Gasteiger partial charge in [-0.3, -0.25) is 4.79 Å². The summed E-state index contributed by atoms with van der Waals surface area (Å²) < 4.78 is 37.3. The Morgan fingerprint density at radius 3 is 2.55 bits per heavy atom. The van der Waals surface area contributed by atoms with Crippen LogP contribution in [0, 0.1) is 0 Å². The highest BCUT2D eigenvalue weighted by Gasteiger charge is 2.26. The first kappa shape index (κ1) is 21.3. The molecule has 1 amide bonds. The summed E-state index contributed by atoms with van der Waals surface area (Å²) in [6.45, 7) is 4.48. The number of morpholine rings is 1. The van der Waals surface area contributed by atoms with E-state index < -0.39 is 10.0 Å². The molecule has 3 rings (SSSR count).